The van der Waals surface area contributed by atoms with Gasteiger partial charge in [0.05, 0.1) is 6.20 Å². The van der Waals surface area contributed by atoms with Gasteiger partial charge in [0.25, 0.3) is 0 Å². The van der Waals surface area contributed by atoms with Crippen LogP contribution < -0.4 is 11.1 Å². The van der Waals surface area contributed by atoms with Crippen LogP contribution in [-0.4, -0.2) is 21.7 Å². The Morgan fingerprint density at radius 2 is 2.12 bits per heavy atom. The molecule has 0 aliphatic heterocycles. The highest BCUT2D eigenvalue weighted by Gasteiger charge is 2.15. The van der Waals surface area contributed by atoms with Crippen LogP contribution >= 0.6 is 0 Å². The van der Waals surface area contributed by atoms with Crippen LogP contribution in [0.25, 0.3) is 0 Å². The van der Waals surface area contributed by atoms with Gasteiger partial charge in [-0.25, -0.2) is 4.68 Å². The maximum absolute atomic E-state index is 11.8. The number of aromatic nitrogens is 2. The van der Waals surface area contributed by atoms with Gasteiger partial charge in [0.2, 0.25) is 5.91 Å². The number of amides is 1. The van der Waals surface area contributed by atoms with Crippen LogP contribution in [0.2, 0.25) is 0 Å². The van der Waals surface area contributed by atoms with E-state index in [0.29, 0.717) is 12.3 Å². The van der Waals surface area contributed by atoms with Crippen molar-refractivity contribution in [3.05, 3.63) is 12.3 Å². The molecule has 0 saturated carbocycles. The van der Waals surface area contributed by atoms with Crippen molar-refractivity contribution in [3.63, 3.8) is 0 Å². The van der Waals surface area contributed by atoms with Crippen molar-refractivity contribution in [3.8, 4) is 0 Å². The highest BCUT2D eigenvalue weighted by atomic mass is 16.1. The second kappa shape index (κ2) is 5.82. The Balaban J connectivity index is 2.59. The molecule has 0 radical (unpaired) electrons. The zero-order valence-electron chi connectivity index (χ0n) is 11.0. The normalized spacial score (nSPS) is 13.1. The van der Waals surface area contributed by atoms with E-state index in [1.54, 1.807) is 16.9 Å². The molecule has 1 amide bonds. The van der Waals surface area contributed by atoms with Gasteiger partial charge < -0.3 is 11.1 Å². The van der Waals surface area contributed by atoms with E-state index in [-0.39, 0.29) is 18.0 Å². The molecule has 1 atom stereocenters. The predicted octanol–water partition coefficient (Wildman–Crippen LogP) is 1.78. The average molecular weight is 238 g/mol. The summed E-state index contributed by atoms with van der Waals surface area (Å²) in [7, 11) is 0. The first kappa shape index (κ1) is 13.7. The third-order valence-electron chi connectivity index (χ3n) is 2.70. The second-order valence-corrected chi connectivity index (χ2v) is 4.91. The van der Waals surface area contributed by atoms with E-state index in [4.69, 9.17) is 5.73 Å². The van der Waals surface area contributed by atoms with Crippen LogP contribution in [0.1, 0.15) is 40.2 Å². The van der Waals surface area contributed by atoms with Crippen molar-refractivity contribution in [2.24, 2.45) is 11.7 Å². The Labute approximate surface area is 102 Å². The minimum Gasteiger partial charge on any atom is -0.327 e. The van der Waals surface area contributed by atoms with E-state index in [1.165, 1.54) is 0 Å². The molecule has 0 fully saturated rings. The smallest absolute Gasteiger partial charge is 0.227 e. The molecule has 1 aromatic heterocycles. The quantitative estimate of drug-likeness (QED) is 0.821. The van der Waals surface area contributed by atoms with E-state index in [2.05, 4.69) is 10.4 Å². The zero-order chi connectivity index (χ0) is 13.0. The maximum atomic E-state index is 11.8. The van der Waals surface area contributed by atoms with Gasteiger partial charge in [0, 0.05) is 24.6 Å². The molecule has 0 aliphatic carbocycles. The van der Waals surface area contributed by atoms with Crippen LogP contribution in [0.5, 0.6) is 0 Å². The predicted molar refractivity (Wildman–Crippen MR) is 68.7 cm³/mol. The van der Waals surface area contributed by atoms with E-state index < -0.39 is 0 Å². The number of hydrogen-bond donors (Lipinski definition) is 2. The summed E-state index contributed by atoms with van der Waals surface area (Å²) in [5, 5.41) is 6.99. The number of nitrogens with two attached hydrogens (primary N) is 1. The van der Waals surface area contributed by atoms with Gasteiger partial charge in [-0.15, -0.1) is 0 Å². The second-order valence-electron chi connectivity index (χ2n) is 4.91. The molecular weight excluding hydrogens is 216 g/mol. The van der Waals surface area contributed by atoms with Crippen LogP contribution in [0.15, 0.2) is 12.3 Å². The molecule has 1 heterocycles. The number of anilines is 1. The summed E-state index contributed by atoms with van der Waals surface area (Å²) in [4.78, 5) is 11.8. The lowest BCUT2D eigenvalue weighted by atomic mass is 10.0. The summed E-state index contributed by atoms with van der Waals surface area (Å²) in [6, 6.07) is 1.91. The van der Waals surface area contributed by atoms with E-state index >= 15 is 0 Å². The lowest BCUT2D eigenvalue weighted by Gasteiger charge is -2.16. The van der Waals surface area contributed by atoms with Gasteiger partial charge >= 0.3 is 0 Å². The third-order valence-corrected chi connectivity index (χ3v) is 2.70. The molecule has 3 N–H and O–H groups in total. The van der Waals surface area contributed by atoms with Crippen LogP contribution in [-0.2, 0) is 4.79 Å². The average Bonchev–Trinajstić information content (AvgIpc) is 2.65. The van der Waals surface area contributed by atoms with E-state index in [1.807, 2.05) is 27.7 Å². The molecular formula is C12H22N4O. The monoisotopic (exact) mass is 238 g/mol. The molecule has 1 unspecified atom stereocenters. The number of carbonyl (C=O) groups is 1. The van der Waals surface area contributed by atoms with Crippen molar-refractivity contribution >= 4 is 11.7 Å². The summed E-state index contributed by atoms with van der Waals surface area (Å²) < 4.78 is 1.78. The first-order valence-electron chi connectivity index (χ1n) is 6.00. The molecule has 1 aromatic rings. The van der Waals surface area contributed by atoms with Crippen molar-refractivity contribution in [2.45, 2.75) is 46.2 Å². The summed E-state index contributed by atoms with van der Waals surface area (Å²) >= 11 is 0. The Morgan fingerprint density at radius 3 is 2.65 bits per heavy atom. The van der Waals surface area contributed by atoms with Crippen LogP contribution in [0.4, 0.5) is 5.82 Å². The number of rotatable bonds is 5. The SMILES string of the molecule is CC(C)C(N)CC(=O)Nc1ccnn1C(C)C. The fraction of sp³-hybridized carbons (Fsp3) is 0.667. The van der Waals surface area contributed by atoms with Gasteiger partial charge in [-0.3, -0.25) is 4.79 Å². The number of carbonyl (C=O) groups excluding carboxylic acids is 1. The molecule has 5 nitrogen and oxygen atoms in total. The molecule has 0 aliphatic rings. The molecule has 0 aromatic carbocycles. The first-order chi connectivity index (χ1) is 7.91. The summed E-state index contributed by atoms with van der Waals surface area (Å²) in [6.07, 6.45) is 2.01. The van der Waals surface area contributed by atoms with Gasteiger partial charge in [-0.05, 0) is 19.8 Å². The lowest BCUT2D eigenvalue weighted by Crippen LogP contribution is -2.32. The Kier molecular flexibility index (Phi) is 4.69. The van der Waals surface area contributed by atoms with Gasteiger partial charge in [-0.2, -0.15) is 5.10 Å². The number of nitrogens with zero attached hydrogens (tertiary/aromatic N) is 2. The fourth-order valence-electron chi connectivity index (χ4n) is 1.47. The third kappa shape index (κ3) is 3.85. The molecule has 1 rings (SSSR count). The van der Waals surface area contributed by atoms with Crippen molar-refractivity contribution < 1.29 is 4.79 Å². The van der Waals surface area contributed by atoms with E-state index in [0.717, 1.165) is 5.82 Å². The standard InChI is InChI=1S/C12H22N4O/c1-8(2)10(13)7-12(17)15-11-5-6-14-16(11)9(3)4/h5-6,8-10H,7,13H2,1-4H3,(H,15,17). The van der Waals surface area contributed by atoms with Gasteiger partial charge in [0.1, 0.15) is 5.82 Å². The Bertz CT molecular complexity index is 370. The lowest BCUT2D eigenvalue weighted by molar-refractivity contribution is -0.116. The number of hydrogen-bond acceptors (Lipinski definition) is 3. The van der Waals surface area contributed by atoms with Gasteiger partial charge in [-0.1, -0.05) is 13.8 Å². The molecule has 96 valence electrons. The Morgan fingerprint density at radius 1 is 1.47 bits per heavy atom. The molecule has 0 spiro atoms. The van der Waals surface area contributed by atoms with Crippen LogP contribution in [0, 0.1) is 5.92 Å². The van der Waals surface area contributed by atoms with Crippen molar-refractivity contribution in [1.29, 1.82) is 0 Å². The fourth-order valence-corrected chi connectivity index (χ4v) is 1.47. The minimum atomic E-state index is -0.106. The Hall–Kier alpha value is -1.36. The van der Waals surface area contributed by atoms with E-state index in [9.17, 15) is 4.79 Å². The zero-order valence-corrected chi connectivity index (χ0v) is 11.0. The summed E-state index contributed by atoms with van der Waals surface area (Å²) in [5.41, 5.74) is 5.86. The largest absolute Gasteiger partial charge is 0.327 e. The highest BCUT2D eigenvalue weighted by molar-refractivity contribution is 5.90. The molecule has 0 saturated heterocycles. The highest BCUT2D eigenvalue weighted by Crippen LogP contribution is 2.14. The summed E-state index contributed by atoms with van der Waals surface area (Å²) in [6.45, 7) is 8.05. The maximum Gasteiger partial charge on any atom is 0.227 e. The van der Waals surface area contributed by atoms with Crippen molar-refractivity contribution in [1.82, 2.24) is 9.78 Å². The molecule has 0 bridgehead atoms. The molecule has 5 heteroatoms. The molecule has 17 heavy (non-hydrogen) atoms. The minimum absolute atomic E-state index is 0.0615. The first-order valence-corrected chi connectivity index (χ1v) is 6.00. The van der Waals surface area contributed by atoms with Gasteiger partial charge in [0.15, 0.2) is 0 Å². The topological polar surface area (TPSA) is 72.9 Å². The van der Waals surface area contributed by atoms with Crippen molar-refractivity contribution in [2.75, 3.05) is 5.32 Å². The number of nitrogens with one attached hydrogen (secondary N) is 1. The summed E-state index contributed by atoms with van der Waals surface area (Å²) in [5.74, 6) is 0.963. The van der Waals surface area contributed by atoms with Crippen LogP contribution in [0.3, 0.4) is 0 Å².